The maximum Gasteiger partial charge on any atom is 0.403 e. The summed E-state index contributed by atoms with van der Waals surface area (Å²) in [6.45, 7) is 2.03. The fourth-order valence-corrected chi connectivity index (χ4v) is 6.63. The maximum atomic E-state index is 14.4. The Labute approximate surface area is 181 Å². The van der Waals surface area contributed by atoms with Crippen LogP contribution >= 0.6 is 0 Å². The molecule has 0 aromatic heterocycles. The summed E-state index contributed by atoms with van der Waals surface area (Å²) in [6.07, 6.45) is -5.47. The summed E-state index contributed by atoms with van der Waals surface area (Å²) in [5.41, 5.74) is -3.93. The predicted octanol–water partition coefficient (Wildman–Crippen LogP) is 7.60. The highest BCUT2D eigenvalue weighted by Gasteiger charge is 2.76. The zero-order valence-electron chi connectivity index (χ0n) is 18.6. The van der Waals surface area contributed by atoms with Crippen molar-refractivity contribution >= 4 is 0 Å². The fourth-order valence-electron chi connectivity index (χ4n) is 6.63. The van der Waals surface area contributed by atoms with Crippen molar-refractivity contribution in [3.8, 4) is 0 Å². The Morgan fingerprint density at radius 1 is 0.645 bits per heavy atom. The topological polar surface area (TPSA) is 18.5 Å². The van der Waals surface area contributed by atoms with E-state index in [0.29, 0.717) is 0 Å². The number of ether oxygens (including phenoxy) is 2. The van der Waals surface area contributed by atoms with E-state index in [0.717, 1.165) is 32.1 Å². The number of halogens is 6. The molecule has 182 valence electrons. The van der Waals surface area contributed by atoms with Gasteiger partial charge in [-0.3, -0.25) is 0 Å². The van der Waals surface area contributed by atoms with Crippen molar-refractivity contribution in [1.82, 2.24) is 0 Å². The van der Waals surface area contributed by atoms with E-state index in [-0.39, 0.29) is 69.2 Å². The van der Waals surface area contributed by atoms with Gasteiger partial charge in [0.2, 0.25) is 0 Å². The molecule has 3 saturated carbocycles. The van der Waals surface area contributed by atoms with Crippen molar-refractivity contribution in [2.45, 2.75) is 121 Å². The van der Waals surface area contributed by atoms with E-state index in [2.05, 4.69) is 0 Å². The molecule has 0 radical (unpaired) electrons. The maximum absolute atomic E-state index is 14.4. The minimum atomic E-state index is -5.33. The summed E-state index contributed by atoms with van der Waals surface area (Å²) in [4.78, 5) is 0. The smallest absolute Gasteiger partial charge is 0.381 e. The van der Waals surface area contributed by atoms with Crippen LogP contribution in [0.25, 0.3) is 0 Å². The summed E-state index contributed by atoms with van der Waals surface area (Å²) in [7, 11) is 1.46. The van der Waals surface area contributed by atoms with Gasteiger partial charge in [0, 0.05) is 7.11 Å². The van der Waals surface area contributed by atoms with Gasteiger partial charge in [0.1, 0.15) is 0 Å². The first-order chi connectivity index (χ1) is 14.4. The molecule has 0 amide bonds. The SMILES string of the molecule is COC1CCC(C(C2CCC(OC3(C)CCCCC3)CC2)(C(F)(F)F)C(F)(F)F)CC1. The molecule has 0 aliphatic heterocycles. The summed E-state index contributed by atoms with van der Waals surface area (Å²) >= 11 is 0. The average Bonchev–Trinajstić information content (AvgIpc) is 2.68. The Kier molecular flexibility index (Phi) is 7.62. The van der Waals surface area contributed by atoms with E-state index >= 15 is 0 Å². The molecule has 3 rings (SSSR count). The lowest BCUT2D eigenvalue weighted by Crippen LogP contribution is -2.61. The van der Waals surface area contributed by atoms with Crippen LogP contribution in [0.5, 0.6) is 0 Å². The van der Waals surface area contributed by atoms with Crippen LogP contribution < -0.4 is 0 Å². The first-order valence-electron chi connectivity index (χ1n) is 11.8. The second-order valence-electron chi connectivity index (χ2n) is 10.2. The molecule has 31 heavy (non-hydrogen) atoms. The summed E-state index contributed by atoms with van der Waals surface area (Å²) in [5.74, 6) is -2.90. The van der Waals surface area contributed by atoms with Crippen LogP contribution in [0.1, 0.15) is 90.4 Å². The van der Waals surface area contributed by atoms with Crippen molar-refractivity contribution in [1.29, 1.82) is 0 Å². The molecule has 0 saturated heterocycles. The first kappa shape index (κ1) is 25.1. The van der Waals surface area contributed by atoms with E-state index in [9.17, 15) is 26.3 Å². The minimum absolute atomic E-state index is 0.0933. The van der Waals surface area contributed by atoms with E-state index in [4.69, 9.17) is 9.47 Å². The van der Waals surface area contributed by atoms with Crippen molar-refractivity contribution in [2.24, 2.45) is 17.3 Å². The molecule has 0 spiro atoms. The summed E-state index contributed by atoms with van der Waals surface area (Å²) in [5, 5.41) is 0. The third-order valence-electron chi connectivity index (χ3n) is 8.27. The van der Waals surface area contributed by atoms with Gasteiger partial charge in [-0.15, -0.1) is 0 Å². The molecule has 0 aromatic rings. The molecule has 0 heterocycles. The Morgan fingerprint density at radius 2 is 1.06 bits per heavy atom. The quantitative estimate of drug-likeness (QED) is 0.395. The van der Waals surface area contributed by atoms with Crippen LogP contribution in [-0.4, -0.2) is 37.3 Å². The Morgan fingerprint density at radius 3 is 1.45 bits per heavy atom. The normalized spacial score (nSPS) is 33.3. The van der Waals surface area contributed by atoms with Crippen molar-refractivity contribution in [3.05, 3.63) is 0 Å². The standard InChI is InChI=1S/C23H36F6O2/c1-20(14-4-3-5-15-20)31-19-12-8-17(9-13-19)21(22(24,25)26,23(27,28)29)16-6-10-18(30-2)11-7-16/h16-19H,3-15H2,1-2H3. The zero-order chi connectivity index (χ0) is 22.9. The summed E-state index contributed by atoms with van der Waals surface area (Å²) in [6, 6.07) is 0. The molecule has 2 nitrogen and oxygen atoms in total. The van der Waals surface area contributed by atoms with Gasteiger partial charge in [0.05, 0.1) is 17.8 Å². The molecule has 0 bridgehead atoms. The fraction of sp³-hybridized carbons (Fsp3) is 1.00. The predicted molar refractivity (Wildman–Crippen MR) is 106 cm³/mol. The largest absolute Gasteiger partial charge is 0.403 e. The molecular formula is C23H36F6O2. The molecule has 0 atom stereocenters. The van der Waals surface area contributed by atoms with Crippen LogP contribution in [0, 0.1) is 17.3 Å². The van der Waals surface area contributed by atoms with Gasteiger partial charge in [-0.1, -0.05) is 19.3 Å². The number of alkyl halides is 6. The second kappa shape index (κ2) is 9.40. The number of rotatable bonds is 5. The van der Waals surface area contributed by atoms with Crippen molar-refractivity contribution < 1.29 is 35.8 Å². The molecular weight excluding hydrogens is 422 g/mol. The summed E-state index contributed by atoms with van der Waals surface area (Å²) < 4.78 is 97.6. The van der Waals surface area contributed by atoms with Gasteiger partial charge in [0.15, 0.2) is 5.41 Å². The molecule has 3 fully saturated rings. The molecule has 8 heteroatoms. The van der Waals surface area contributed by atoms with Crippen LogP contribution in [0.2, 0.25) is 0 Å². The van der Waals surface area contributed by atoms with Gasteiger partial charge >= 0.3 is 12.4 Å². The monoisotopic (exact) mass is 458 g/mol. The number of hydrogen-bond acceptors (Lipinski definition) is 2. The molecule has 0 unspecified atom stereocenters. The molecule has 0 aromatic carbocycles. The lowest BCUT2D eigenvalue weighted by Gasteiger charge is -2.51. The van der Waals surface area contributed by atoms with Gasteiger partial charge in [-0.05, 0) is 83.0 Å². The van der Waals surface area contributed by atoms with Gasteiger partial charge in [-0.25, -0.2) is 0 Å². The van der Waals surface area contributed by atoms with Crippen LogP contribution in [0.3, 0.4) is 0 Å². The van der Waals surface area contributed by atoms with Crippen molar-refractivity contribution in [2.75, 3.05) is 7.11 Å². The van der Waals surface area contributed by atoms with Crippen LogP contribution in [0.15, 0.2) is 0 Å². The molecule has 0 N–H and O–H groups in total. The van der Waals surface area contributed by atoms with Crippen molar-refractivity contribution in [3.63, 3.8) is 0 Å². The Balaban J connectivity index is 1.77. The number of methoxy groups -OCH3 is 1. The highest BCUT2D eigenvalue weighted by molar-refractivity contribution is 5.05. The highest BCUT2D eigenvalue weighted by Crippen LogP contribution is 2.65. The zero-order valence-corrected chi connectivity index (χ0v) is 18.6. The third-order valence-corrected chi connectivity index (χ3v) is 8.27. The van der Waals surface area contributed by atoms with Gasteiger partial charge < -0.3 is 9.47 Å². The lowest BCUT2D eigenvalue weighted by atomic mass is 9.57. The molecule has 3 aliphatic carbocycles. The average molecular weight is 459 g/mol. The van der Waals surface area contributed by atoms with E-state index in [1.165, 1.54) is 7.11 Å². The minimum Gasteiger partial charge on any atom is -0.381 e. The lowest BCUT2D eigenvalue weighted by molar-refractivity contribution is -0.383. The Bertz CT molecular complexity index is 552. The van der Waals surface area contributed by atoms with Gasteiger partial charge in [-0.2, -0.15) is 26.3 Å². The van der Waals surface area contributed by atoms with E-state index in [1.807, 2.05) is 6.92 Å². The van der Waals surface area contributed by atoms with E-state index in [1.54, 1.807) is 0 Å². The van der Waals surface area contributed by atoms with E-state index < -0.39 is 29.6 Å². The number of hydrogen-bond donors (Lipinski definition) is 0. The third kappa shape index (κ3) is 5.04. The van der Waals surface area contributed by atoms with Crippen LogP contribution in [0.4, 0.5) is 26.3 Å². The first-order valence-corrected chi connectivity index (χ1v) is 11.8. The molecule has 3 aliphatic rings. The Hall–Kier alpha value is -0.500. The van der Waals surface area contributed by atoms with Crippen LogP contribution in [-0.2, 0) is 9.47 Å². The van der Waals surface area contributed by atoms with Gasteiger partial charge in [0.25, 0.3) is 0 Å². The second-order valence-corrected chi connectivity index (χ2v) is 10.2. The highest BCUT2D eigenvalue weighted by atomic mass is 19.4.